The molecule has 2 aliphatic carbocycles. The molecule has 0 heterocycles. The van der Waals surface area contributed by atoms with Crippen LogP contribution in [0.2, 0.25) is 0 Å². The van der Waals surface area contributed by atoms with Gasteiger partial charge >= 0.3 is 0 Å². The Morgan fingerprint density at radius 1 is 0.400 bits per heavy atom. The summed E-state index contributed by atoms with van der Waals surface area (Å²) in [5, 5.41) is 88.7. The summed E-state index contributed by atoms with van der Waals surface area (Å²) in [6.45, 7) is 0. The number of benzene rings is 3. The van der Waals surface area contributed by atoms with Gasteiger partial charge in [0, 0.05) is 44.5 Å². The molecular weight excluding hydrogens is 660 g/mol. The molecule has 2 aliphatic rings. The minimum atomic E-state index is -2.00. The lowest BCUT2D eigenvalue weighted by molar-refractivity contribution is 0.489. The molecule has 0 unspecified atom stereocenters. The highest BCUT2D eigenvalue weighted by molar-refractivity contribution is 6.31. The Hall–Kier alpha value is -8.39. The summed E-state index contributed by atoms with van der Waals surface area (Å²) >= 11 is 0. The number of halogens is 6. The summed E-state index contributed by atoms with van der Waals surface area (Å²) < 4.78 is 90.5. The Morgan fingerprint density at radius 2 is 0.740 bits per heavy atom. The van der Waals surface area contributed by atoms with Crippen molar-refractivity contribution < 1.29 is 26.3 Å². The Morgan fingerprint density at radius 3 is 1.02 bits per heavy atom. The molecule has 50 heavy (non-hydrogen) atoms. The number of allylic oxidation sites excluding steroid dienone is 8. The normalized spacial score (nSPS) is 12.2. The van der Waals surface area contributed by atoms with Gasteiger partial charge in [0.2, 0.25) is 0 Å². The van der Waals surface area contributed by atoms with Crippen LogP contribution < -0.4 is 0 Å². The Kier molecular flexibility index (Phi) is 7.97. The van der Waals surface area contributed by atoms with Crippen LogP contribution in [0.25, 0.3) is 33.4 Å². The van der Waals surface area contributed by atoms with E-state index in [9.17, 15) is 54.4 Å². The fourth-order valence-corrected chi connectivity index (χ4v) is 5.79. The third kappa shape index (κ3) is 4.27. The average molecular weight is 663 g/mol. The monoisotopic (exact) mass is 663 g/mol. The highest BCUT2D eigenvalue weighted by Gasteiger charge is 2.42. The lowest BCUT2D eigenvalue weighted by Crippen LogP contribution is -2.03. The van der Waals surface area contributed by atoms with Crippen molar-refractivity contribution in [2.45, 2.75) is 0 Å². The maximum Gasteiger partial charge on any atom is 0.180 e. The molecule has 0 saturated heterocycles. The van der Waals surface area contributed by atoms with Crippen LogP contribution in [0.5, 0.6) is 0 Å². The molecule has 0 fully saturated rings. The fourth-order valence-electron chi connectivity index (χ4n) is 5.79. The van der Waals surface area contributed by atoms with Crippen LogP contribution in [0.15, 0.2) is 29.3 Å². The summed E-state index contributed by atoms with van der Waals surface area (Å²) in [5.74, 6) is -11.0. The number of hydrogen-bond acceptors (Lipinski definition) is 9. The van der Waals surface area contributed by atoms with E-state index in [-0.39, 0.29) is 0 Å². The predicted octanol–water partition coefficient (Wildman–Crippen LogP) is 6.63. The zero-order valence-corrected chi connectivity index (χ0v) is 24.0. The number of rotatable bonds is 2. The van der Waals surface area contributed by atoms with Gasteiger partial charge in [0.25, 0.3) is 0 Å². The first-order chi connectivity index (χ1) is 24.0. The topological polar surface area (TPSA) is 214 Å². The molecule has 0 amide bonds. The molecule has 0 atom stereocenters. The van der Waals surface area contributed by atoms with Gasteiger partial charge in [-0.25, -0.2) is 26.3 Å². The van der Waals surface area contributed by atoms with Crippen molar-refractivity contribution in [1.82, 2.24) is 0 Å². The van der Waals surface area contributed by atoms with Crippen molar-refractivity contribution in [2.75, 3.05) is 0 Å². The van der Waals surface area contributed by atoms with E-state index in [1.807, 2.05) is 0 Å². The molecule has 0 radical (unpaired) electrons. The zero-order valence-electron chi connectivity index (χ0n) is 24.0. The second-order valence-corrected chi connectivity index (χ2v) is 9.92. The van der Waals surface area contributed by atoms with Gasteiger partial charge in [-0.1, -0.05) is 0 Å². The van der Waals surface area contributed by atoms with Crippen LogP contribution >= 0.6 is 0 Å². The van der Waals surface area contributed by atoms with Gasteiger partial charge < -0.3 is 0 Å². The molecule has 0 bridgehead atoms. The van der Waals surface area contributed by atoms with E-state index in [4.69, 9.17) is 10.5 Å². The van der Waals surface area contributed by atoms with Crippen molar-refractivity contribution in [3.05, 3.63) is 114 Å². The van der Waals surface area contributed by atoms with Gasteiger partial charge in [0.1, 0.15) is 88.5 Å². The van der Waals surface area contributed by atoms with Crippen LogP contribution in [0, 0.1) is 137 Å². The smallest absolute Gasteiger partial charge is 0.180 e. The summed E-state index contributed by atoms with van der Waals surface area (Å²) in [4.78, 5) is 0. The molecule has 0 saturated carbocycles. The lowest BCUT2D eigenvalue weighted by Gasteiger charge is -2.14. The van der Waals surface area contributed by atoms with E-state index in [2.05, 4.69) is 0 Å². The molecule has 5 rings (SSSR count). The molecule has 15 heteroatoms. The number of fused-ring (bicyclic) bond motifs is 2. The van der Waals surface area contributed by atoms with Crippen molar-refractivity contribution in [1.29, 1.82) is 47.4 Å². The van der Waals surface area contributed by atoms with Crippen molar-refractivity contribution >= 4 is 33.4 Å². The summed E-state index contributed by atoms with van der Waals surface area (Å²) in [6.07, 6.45) is 0. The minimum absolute atomic E-state index is 0.311. The molecule has 0 aromatic heterocycles. The molecule has 0 N–H and O–H groups in total. The van der Waals surface area contributed by atoms with Crippen molar-refractivity contribution in [3.8, 4) is 54.6 Å². The van der Waals surface area contributed by atoms with Crippen molar-refractivity contribution in [2.24, 2.45) is 0 Å². The number of nitriles is 9. The van der Waals surface area contributed by atoms with Gasteiger partial charge in [0.05, 0.1) is 16.7 Å². The van der Waals surface area contributed by atoms with Crippen LogP contribution in [-0.2, 0) is 0 Å². The fraction of sp³-hybridized carbons (Fsp3) is 0. The molecule has 3 aromatic carbocycles. The molecule has 0 aliphatic heterocycles. The molecule has 0 spiro atoms. The zero-order chi connectivity index (χ0) is 36.8. The van der Waals surface area contributed by atoms with Gasteiger partial charge in [-0.05, 0) is 29.3 Å². The molecule has 3 aromatic rings. The standard InChI is InChI=1S/C35H3F6N9/c36-24-2-17(32(38)34(40)19(24)8-46)30-22(11-49)28-15(26(30)13(4-42)5-43)1-16-27(14(6-44)7-45)31(23(12-50)29(16)21(28)10-48)18-3-25(37)20(9-47)35(41)33(18)39/h1-3H. The average Bonchev–Trinajstić information content (AvgIpc) is 3.61. The summed E-state index contributed by atoms with van der Waals surface area (Å²) in [5.41, 5.74) is -14.0. The highest BCUT2D eigenvalue weighted by atomic mass is 19.2. The van der Waals surface area contributed by atoms with Gasteiger partial charge in [-0.2, -0.15) is 47.4 Å². The van der Waals surface area contributed by atoms with Gasteiger partial charge in [-0.15, -0.1) is 0 Å². The summed E-state index contributed by atoms with van der Waals surface area (Å²) in [6, 6.07) is 14.7. The SMILES string of the molecule is N#CC(C#N)=C1C(c2cc(F)c(C#N)c(F)c2F)=C(C#N)c2c1cc1c(c2C#N)C(C#N)=C(c2cc(F)c(C#N)c(F)c2F)C1=C(C#N)C#N. The van der Waals surface area contributed by atoms with Gasteiger partial charge in [-0.3, -0.25) is 0 Å². The van der Waals surface area contributed by atoms with Crippen LogP contribution in [-0.4, -0.2) is 0 Å². The van der Waals surface area contributed by atoms with Crippen LogP contribution in [0.4, 0.5) is 26.3 Å². The second-order valence-electron chi connectivity index (χ2n) is 9.92. The first-order valence-electron chi connectivity index (χ1n) is 13.1. The quantitative estimate of drug-likeness (QED) is 0.163. The summed E-state index contributed by atoms with van der Waals surface area (Å²) in [7, 11) is 0. The third-order valence-electron chi connectivity index (χ3n) is 7.73. The second kappa shape index (κ2) is 12.1. The van der Waals surface area contributed by atoms with E-state index < -0.39 is 130 Å². The highest BCUT2D eigenvalue weighted by Crippen LogP contribution is 2.56. The Balaban J connectivity index is 2.08. The largest absolute Gasteiger partial charge is 0.205 e. The van der Waals surface area contributed by atoms with Gasteiger partial charge in [0.15, 0.2) is 23.3 Å². The van der Waals surface area contributed by atoms with Crippen LogP contribution in [0.1, 0.15) is 50.1 Å². The third-order valence-corrected chi connectivity index (χ3v) is 7.73. The van der Waals surface area contributed by atoms with E-state index in [1.165, 1.54) is 24.3 Å². The van der Waals surface area contributed by atoms with E-state index in [0.29, 0.717) is 12.1 Å². The number of hydrogen-bond donors (Lipinski definition) is 0. The molecule has 9 nitrogen and oxygen atoms in total. The molecule has 230 valence electrons. The van der Waals surface area contributed by atoms with E-state index in [0.717, 1.165) is 18.2 Å². The van der Waals surface area contributed by atoms with Crippen LogP contribution in [0.3, 0.4) is 0 Å². The first-order valence-corrected chi connectivity index (χ1v) is 13.1. The lowest BCUT2D eigenvalue weighted by atomic mass is 9.86. The van der Waals surface area contributed by atoms with E-state index >= 15 is 8.78 Å². The Bertz CT molecular complexity index is 2550. The number of nitrogens with zero attached hydrogens (tertiary/aromatic N) is 9. The van der Waals surface area contributed by atoms with Crippen molar-refractivity contribution in [3.63, 3.8) is 0 Å². The molecular formula is C35H3F6N9. The Labute approximate surface area is 276 Å². The first kappa shape index (κ1) is 33.0. The van der Waals surface area contributed by atoms with E-state index in [1.54, 1.807) is 18.2 Å². The predicted molar refractivity (Wildman–Crippen MR) is 154 cm³/mol. The maximum absolute atomic E-state index is 15.5. The minimum Gasteiger partial charge on any atom is -0.205 e. The maximum atomic E-state index is 15.5.